The highest BCUT2D eigenvalue weighted by molar-refractivity contribution is 5.77. The summed E-state index contributed by atoms with van der Waals surface area (Å²) in [4.78, 5) is 25.8. The Hall–Kier alpha value is -2.15. The van der Waals surface area contributed by atoms with Gasteiger partial charge in [0.05, 0.1) is 18.9 Å². The van der Waals surface area contributed by atoms with E-state index in [0.29, 0.717) is 19.0 Å². The minimum Gasteiger partial charge on any atom is -0.472 e. The predicted molar refractivity (Wildman–Crippen MR) is 96.4 cm³/mol. The molecule has 0 N–H and O–H groups in total. The molecule has 1 heterocycles. The van der Waals surface area contributed by atoms with Gasteiger partial charge in [0, 0.05) is 34.7 Å². The zero-order chi connectivity index (χ0) is 18.1. The molecule has 134 valence electrons. The van der Waals surface area contributed by atoms with Crippen LogP contribution in [0, 0.1) is 0 Å². The molecule has 24 heavy (non-hydrogen) atoms. The SMILES string of the molecule is C=CCCC(CN(C)CC(=O)N(C)C)Oc1cncc(N(C)C)n1. The van der Waals surface area contributed by atoms with Crippen LogP contribution in [0.4, 0.5) is 5.82 Å². The summed E-state index contributed by atoms with van der Waals surface area (Å²) in [5.74, 6) is 1.29. The lowest BCUT2D eigenvalue weighted by molar-refractivity contribution is -0.129. The van der Waals surface area contributed by atoms with Gasteiger partial charge in [-0.1, -0.05) is 6.08 Å². The summed E-state index contributed by atoms with van der Waals surface area (Å²) in [6.07, 6.45) is 6.71. The maximum absolute atomic E-state index is 11.8. The number of allylic oxidation sites excluding steroid dienone is 1. The maximum atomic E-state index is 11.8. The van der Waals surface area contributed by atoms with E-state index in [9.17, 15) is 4.79 Å². The topological polar surface area (TPSA) is 61.8 Å². The average Bonchev–Trinajstić information content (AvgIpc) is 2.52. The van der Waals surface area contributed by atoms with Gasteiger partial charge in [-0.2, -0.15) is 4.98 Å². The zero-order valence-electron chi connectivity index (χ0n) is 15.4. The molecule has 1 unspecified atom stereocenters. The third-order valence-electron chi connectivity index (χ3n) is 3.46. The van der Waals surface area contributed by atoms with Crippen LogP contribution in [0.25, 0.3) is 0 Å². The number of amides is 1. The Morgan fingerprint density at radius 3 is 2.58 bits per heavy atom. The third-order valence-corrected chi connectivity index (χ3v) is 3.46. The van der Waals surface area contributed by atoms with Crippen molar-refractivity contribution in [2.45, 2.75) is 18.9 Å². The van der Waals surface area contributed by atoms with Crippen molar-refractivity contribution in [2.24, 2.45) is 0 Å². The number of carbonyl (C=O) groups excluding carboxylic acids is 1. The molecule has 0 spiro atoms. The Bertz CT molecular complexity index is 533. The van der Waals surface area contributed by atoms with Crippen molar-refractivity contribution in [2.75, 3.05) is 53.2 Å². The van der Waals surface area contributed by atoms with E-state index in [1.165, 1.54) is 0 Å². The van der Waals surface area contributed by atoms with Gasteiger partial charge in [-0.25, -0.2) is 0 Å². The van der Waals surface area contributed by atoms with Crippen LogP contribution >= 0.6 is 0 Å². The van der Waals surface area contributed by atoms with Gasteiger partial charge in [0.15, 0.2) is 5.82 Å². The van der Waals surface area contributed by atoms with Crippen molar-refractivity contribution < 1.29 is 9.53 Å². The standard InChI is InChI=1S/C17H29N5O2/c1-7-8-9-14(12-22(6)13-17(23)21(4)5)24-16-11-18-10-15(19-16)20(2)3/h7,10-11,14H,1,8-9,12-13H2,2-6H3. The largest absolute Gasteiger partial charge is 0.472 e. The molecule has 1 aromatic heterocycles. The van der Waals surface area contributed by atoms with Crippen LogP contribution in [0.2, 0.25) is 0 Å². The van der Waals surface area contributed by atoms with Crippen molar-refractivity contribution in [1.29, 1.82) is 0 Å². The second-order valence-electron chi connectivity index (χ2n) is 6.20. The first-order chi connectivity index (χ1) is 11.3. The van der Waals surface area contributed by atoms with Gasteiger partial charge < -0.3 is 14.5 Å². The number of aromatic nitrogens is 2. The Kier molecular flexibility index (Phi) is 8.18. The van der Waals surface area contributed by atoms with E-state index >= 15 is 0 Å². The number of likely N-dealkylation sites (N-methyl/N-ethyl adjacent to an activating group) is 2. The van der Waals surface area contributed by atoms with Gasteiger partial charge in [0.1, 0.15) is 6.10 Å². The van der Waals surface area contributed by atoms with E-state index in [4.69, 9.17) is 4.74 Å². The predicted octanol–water partition coefficient (Wildman–Crippen LogP) is 1.28. The van der Waals surface area contributed by atoms with Gasteiger partial charge in [-0.15, -0.1) is 6.58 Å². The van der Waals surface area contributed by atoms with Crippen molar-refractivity contribution >= 4 is 11.7 Å². The summed E-state index contributed by atoms with van der Waals surface area (Å²) in [5.41, 5.74) is 0. The summed E-state index contributed by atoms with van der Waals surface area (Å²) in [7, 11) is 9.23. The number of ether oxygens (including phenoxy) is 1. The van der Waals surface area contributed by atoms with E-state index in [0.717, 1.165) is 18.7 Å². The van der Waals surface area contributed by atoms with E-state index < -0.39 is 0 Å². The average molecular weight is 335 g/mol. The first kappa shape index (κ1) is 19.9. The fourth-order valence-corrected chi connectivity index (χ4v) is 2.06. The number of carbonyl (C=O) groups is 1. The number of nitrogens with zero attached hydrogens (tertiary/aromatic N) is 5. The molecule has 0 bridgehead atoms. The number of hydrogen-bond acceptors (Lipinski definition) is 6. The number of hydrogen-bond donors (Lipinski definition) is 0. The molecular formula is C17H29N5O2. The van der Waals surface area contributed by atoms with Gasteiger partial charge in [-0.05, 0) is 19.9 Å². The normalized spacial score (nSPS) is 11.9. The second kappa shape index (κ2) is 9.87. The van der Waals surface area contributed by atoms with Gasteiger partial charge in [0.25, 0.3) is 0 Å². The second-order valence-corrected chi connectivity index (χ2v) is 6.20. The van der Waals surface area contributed by atoms with Crippen molar-refractivity contribution in [3.05, 3.63) is 25.0 Å². The van der Waals surface area contributed by atoms with E-state index in [1.54, 1.807) is 31.4 Å². The fraction of sp³-hybridized carbons (Fsp3) is 0.588. The molecule has 1 amide bonds. The Labute approximate surface area is 144 Å². The lowest BCUT2D eigenvalue weighted by Gasteiger charge is -2.25. The molecule has 7 nitrogen and oxygen atoms in total. The van der Waals surface area contributed by atoms with Gasteiger partial charge in [0.2, 0.25) is 11.8 Å². The summed E-state index contributed by atoms with van der Waals surface area (Å²) in [5, 5.41) is 0. The number of rotatable bonds is 10. The molecule has 1 rings (SSSR count). The van der Waals surface area contributed by atoms with E-state index in [1.807, 2.05) is 37.0 Å². The van der Waals surface area contributed by atoms with Gasteiger partial charge in [-0.3, -0.25) is 14.7 Å². The molecule has 1 atom stereocenters. The molecule has 0 aromatic carbocycles. The summed E-state index contributed by atoms with van der Waals surface area (Å²) in [6.45, 7) is 4.74. The van der Waals surface area contributed by atoms with Crippen LogP contribution in [0.3, 0.4) is 0 Å². The Morgan fingerprint density at radius 2 is 2.00 bits per heavy atom. The van der Waals surface area contributed by atoms with Crippen molar-refractivity contribution in [1.82, 2.24) is 19.8 Å². The molecule has 0 saturated heterocycles. The molecule has 0 aliphatic heterocycles. The highest BCUT2D eigenvalue weighted by Gasteiger charge is 2.17. The summed E-state index contributed by atoms with van der Waals surface area (Å²) in [6, 6.07) is 0. The molecule has 0 aliphatic rings. The maximum Gasteiger partial charge on any atom is 0.236 e. The molecule has 0 radical (unpaired) electrons. The van der Waals surface area contributed by atoms with Crippen molar-refractivity contribution in [3.63, 3.8) is 0 Å². The van der Waals surface area contributed by atoms with Crippen molar-refractivity contribution in [3.8, 4) is 5.88 Å². The van der Waals surface area contributed by atoms with Crippen LogP contribution in [0.15, 0.2) is 25.0 Å². The summed E-state index contributed by atoms with van der Waals surface area (Å²) >= 11 is 0. The monoisotopic (exact) mass is 335 g/mol. The third kappa shape index (κ3) is 6.95. The lowest BCUT2D eigenvalue weighted by atomic mass is 10.2. The first-order valence-electron chi connectivity index (χ1n) is 7.99. The fourth-order valence-electron chi connectivity index (χ4n) is 2.06. The van der Waals surface area contributed by atoms with Crippen LogP contribution in [-0.4, -0.2) is 80.1 Å². The van der Waals surface area contributed by atoms with Crippen LogP contribution < -0.4 is 9.64 Å². The molecule has 0 aliphatic carbocycles. The molecule has 0 fully saturated rings. The summed E-state index contributed by atoms with van der Waals surface area (Å²) < 4.78 is 6.01. The highest BCUT2D eigenvalue weighted by Crippen LogP contribution is 2.15. The van der Waals surface area contributed by atoms with E-state index in [-0.39, 0.29) is 12.0 Å². The quantitative estimate of drug-likeness (QED) is 0.600. The zero-order valence-corrected chi connectivity index (χ0v) is 15.4. The number of anilines is 1. The highest BCUT2D eigenvalue weighted by atomic mass is 16.5. The minimum absolute atomic E-state index is 0.0642. The van der Waals surface area contributed by atoms with E-state index in [2.05, 4.69) is 16.5 Å². The van der Waals surface area contributed by atoms with Crippen LogP contribution in [0.5, 0.6) is 5.88 Å². The van der Waals surface area contributed by atoms with Crippen LogP contribution in [-0.2, 0) is 4.79 Å². The first-order valence-corrected chi connectivity index (χ1v) is 7.99. The Morgan fingerprint density at radius 1 is 1.29 bits per heavy atom. The molecule has 1 aromatic rings. The molecule has 0 saturated carbocycles. The van der Waals surface area contributed by atoms with Gasteiger partial charge >= 0.3 is 0 Å². The Balaban J connectivity index is 2.72. The molecular weight excluding hydrogens is 306 g/mol. The lowest BCUT2D eigenvalue weighted by Crippen LogP contribution is -2.39. The molecule has 7 heteroatoms. The minimum atomic E-state index is -0.0883. The van der Waals surface area contributed by atoms with Crippen LogP contribution in [0.1, 0.15) is 12.8 Å². The smallest absolute Gasteiger partial charge is 0.236 e.